The molecule has 6 nitrogen and oxygen atoms in total. The Labute approximate surface area is 111 Å². The molecular weight excluding hydrogens is 244 g/mol. The third kappa shape index (κ3) is 5.08. The molecule has 0 radical (unpaired) electrons. The van der Waals surface area contributed by atoms with Crippen molar-refractivity contribution in [3.05, 3.63) is 29.8 Å². The second-order valence-electron chi connectivity index (χ2n) is 4.19. The SMILES string of the molecule is CC(C)NC(=O)NCC(=O)Nc1ccccc1C#N. The van der Waals surface area contributed by atoms with E-state index in [4.69, 9.17) is 5.26 Å². The lowest BCUT2D eigenvalue weighted by atomic mass is 10.2. The zero-order valence-electron chi connectivity index (χ0n) is 10.9. The normalized spacial score (nSPS) is 9.58. The maximum Gasteiger partial charge on any atom is 0.315 e. The number of hydrogen-bond acceptors (Lipinski definition) is 3. The number of urea groups is 1. The van der Waals surface area contributed by atoms with Gasteiger partial charge in [0.1, 0.15) is 6.07 Å². The van der Waals surface area contributed by atoms with Crippen molar-refractivity contribution < 1.29 is 9.59 Å². The summed E-state index contributed by atoms with van der Waals surface area (Å²) in [5.41, 5.74) is 0.809. The van der Waals surface area contributed by atoms with E-state index in [2.05, 4.69) is 16.0 Å². The van der Waals surface area contributed by atoms with Crippen LogP contribution in [0.3, 0.4) is 0 Å². The van der Waals surface area contributed by atoms with E-state index in [-0.39, 0.29) is 18.5 Å². The summed E-state index contributed by atoms with van der Waals surface area (Å²) < 4.78 is 0. The van der Waals surface area contributed by atoms with Crippen LogP contribution >= 0.6 is 0 Å². The summed E-state index contributed by atoms with van der Waals surface area (Å²) in [6.45, 7) is 3.49. The number of anilines is 1. The van der Waals surface area contributed by atoms with Crippen LogP contribution < -0.4 is 16.0 Å². The van der Waals surface area contributed by atoms with Gasteiger partial charge < -0.3 is 16.0 Å². The minimum Gasteiger partial charge on any atom is -0.336 e. The Morgan fingerprint density at radius 3 is 2.63 bits per heavy atom. The highest BCUT2D eigenvalue weighted by Gasteiger charge is 2.08. The van der Waals surface area contributed by atoms with Gasteiger partial charge >= 0.3 is 6.03 Å². The van der Waals surface area contributed by atoms with Crippen molar-refractivity contribution in [2.45, 2.75) is 19.9 Å². The predicted molar refractivity (Wildman–Crippen MR) is 71.5 cm³/mol. The van der Waals surface area contributed by atoms with E-state index in [9.17, 15) is 9.59 Å². The van der Waals surface area contributed by atoms with Crippen molar-refractivity contribution >= 4 is 17.6 Å². The molecule has 1 rings (SSSR count). The van der Waals surface area contributed by atoms with Crippen molar-refractivity contribution in [3.63, 3.8) is 0 Å². The van der Waals surface area contributed by atoms with Crippen molar-refractivity contribution in [1.82, 2.24) is 10.6 Å². The van der Waals surface area contributed by atoms with Gasteiger partial charge in [0, 0.05) is 6.04 Å². The zero-order chi connectivity index (χ0) is 14.3. The molecule has 100 valence electrons. The molecule has 0 aromatic heterocycles. The summed E-state index contributed by atoms with van der Waals surface area (Å²) >= 11 is 0. The number of carbonyl (C=O) groups is 2. The molecular formula is C13H16N4O2. The van der Waals surface area contributed by atoms with Crippen LogP contribution in [0.25, 0.3) is 0 Å². The number of rotatable bonds is 4. The smallest absolute Gasteiger partial charge is 0.315 e. The average molecular weight is 260 g/mol. The molecule has 0 unspecified atom stereocenters. The second-order valence-corrected chi connectivity index (χ2v) is 4.19. The molecule has 3 amide bonds. The van der Waals surface area contributed by atoms with Crippen molar-refractivity contribution in [1.29, 1.82) is 5.26 Å². The highest BCUT2D eigenvalue weighted by molar-refractivity contribution is 5.95. The monoisotopic (exact) mass is 260 g/mol. The first-order chi connectivity index (χ1) is 9.02. The summed E-state index contributed by atoms with van der Waals surface area (Å²) in [5, 5.41) is 16.5. The number of nitrogens with one attached hydrogen (secondary N) is 3. The van der Waals surface area contributed by atoms with E-state index in [0.717, 1.165) is 0 Å². The molecule has 19 heavy (non-hydrogen) atoms. The fraction of sp³-hybridized carbons (Fsp3) is 0.308. The van der Waals surface area contributed by atoms with Crippen LogP contribution in [-0.4, -0.2) is 24.5 Å². The lowest BCUT2D eigenvalue weighted by Gasteiger charge is -2.10. The van der Waals surface area contributed by atoms with Crippen molar-refractivity contribution in [2.24, 2.45) is 0 Å². The number of hydrogen-bond donors (Lipinski definition) is 3. The lowest BCUT2D eigenvalue weighted by Crippen LogP contribution is -2.42. The van der Waals surface area contributed by atoms with E-state index in [1.54, 1.807) is 24.3 Å². The molecule has 6 heteroatoms. The number of nitrogens with zero attached hydrogens (tertiary/aromatic N) is 1. The molecule has 0 aliphatic rings. The highest BCUT2D eigenvalue weighted by atomic mass is 16.2. The van der Waals surface area contributed by atoms with Gasteiger partial charge in [-0.1, -0.05) is 12.1 Å². The maximum atomic E-state index is 11.6. The largest absolute Gasteiger partial charge is 0.336 e. The van der Waals surface area contributed by atoms with Gasteiger partial charge in [-0.3, -0.25) is 4.79 Å². The first-order valence-corrected chi connectivity index (χ1v) is 5.86. The highest BCUT2D eigenvalue weighted by Crippen LogP contribution is 2.12. The Morgan fingerprint density at radius 1 is 1.32 bits per heavy atom. The zero-order valence-corrected chi connectivity index (χ0v) is 10.9. The second kappa shape index (κ2) is 7.01. The molecule has 3 N–H and O–H groups in total. The van der Waals surface area contributed by atoms with Crippen LogP contribution in [0.15, 0.2) is 24.3 Å². The standard InChI is InChI=1S/C13H16N4O2/c1-9(2)16-13(19)15-8-12(18)17-11-6-4-3-5-10(11)7-14/h3-6,9H,8H2,1-2H3,(H,17,18)(H2,15,16,19). The Kier molecular flexibility index (Phi) is 5.35. The van der Waals surface area contributed by atoms with Gasteiger partial charge in [0.25, 0.3) is 0 Å². The fourth-order valence-corrected chi connectivity index (χ4v) is 1.36. The van der Waals surface area contributed by atoms with Crippen LogP contribution in [0, 0.1) is 11.3 Å². The molecule has 0 saturated carbocycles. The third-order valence-corrected chi connectivity index (χ3v) is 2.15. The van der Waals surface area contributed by atoms with Crippen LogP contribution in [0.4, 0.5) is 10.5 Å². The average Bonchev–Trinajstić information content (AvgIpc) is 2.36. The minimum atomic E-state index is -0.404. The van der Waals surface area contributed by atoms with Crippen LogP contribution in [0.2, 0.25) is 0 Å². The fourth-order valence-electron chi connectivity index (χ4n) is 1.36. The van der Waals surface area contributed by atoms with Crippen LogP contribution in [0.5, 0.6) is 0 Å². The molecule has 0 spiro atoms. The minimum absolute atomic E-state index is 0.00220. The van der Waals surface area contributed by atoms with Gasteiger partial charge in [0.05, 0.1) is 17.8 Å². The number of carbonyl (C=O) groups excluding carboxylic acids is 2. The van der Waals surface area contributed by atoms with Gasteiger partial charge in [0.15, 0.2) is 0 Å². The molecule has 0 heterocycles. The molecule has 0 bridgehead atoms. The van der Waals surface area contributed by atoms with Gasteiger partial charge in [-0.15, -0.1) is 0 Å². The van der Waals surface area contributed by atoms with Gasteiger partial charge in [-0.25, -0.2) is 4.79 Å². The summed E-state index contributed by atoms with van der Waals surface area (Å²) in [6, 6.07) is 8.24. The number of para-hydroxylation sites is 1. The first-order valence-electron chi connectivity index (χ1n) is 5.86. The summed E-state index contributed by atoms with van der Waals surface area (Å²) in [5.74, 6) is -0.387. The maximum absolute atomic E-state index is 11.6. The third-order valence-electron chi connectivity index (χ3n) is 2.15. The molecule has 1 aromatic carbocycles. The number of amides is 3. The van der Waals surface area contributed by atoms with Gasteiger partial charge in [-0.05, 0) is 26.0 Å². The van der Waals surface area contributed by atoms with Crippen molar-refractivity contribution in [2.75, 3.05) is 11.9 Å². The molecule has 0 aliphatic heterocycles. The molecule has 1 aromatic rings. The van der Waals surface area contributed by atoms with Gasteiger partial charge in [-0.2, -0.15) is 5.26 Å². The van der Waals surface area contributed by atoms with E-state index in [1.807, 2.05) is 19.9 Å². The number of nitriles is 1. The molecule has 0 atom stereocenters. The Morgan fingerprint density at radius 2 is 2.00 bits per heavy atom. The topological polar surface area (TPSA) is 94.0 Å². The number of benzene rings is 1. The first kappa shape index (κ1) is 14.5. The summed E-state index contributed by atoms with van der Waals surface area (Å²) in [6.07, 6.45) is 0. The van der Waals surface area contributed by atoms with Crippen LogP contribution in [0.1, 0.15) is 19.4 Å². The Hall–Kier alpha value is -2.55. The quantitative estimate of drug-likeness (QED) is 0.759. The van der Waals surface area contributed by atoms with E-state index >= 15 is 0 Å². The van der Waals surface area contributed by atoms with Gasteiger partial charge in [0.2, 0.25) is 5.91 Å². The van der Waals surface area contributed by atoms with Crippen LogP contribution in [-0.2, 0) is 4.79 Å². The van der Waals surface area contributed by atoms with E-state index in [1.165, 1.54) is 0 Å². The van der Waals surface area contributed by atoms with Crippen molar-refractivity contribution in [3.8, 4) is 6.07 Å². The molecule has 0 fully saturated rings. The lowest BCUT2D eigenvalue weighted by molar-refractivity contribution is -0.115. The Bertz CT molecular complexity index is 506. The molecule has 0 saturated heterocycles. The molecule has 0 aliphatic carbocycles. The van der Waals surface area contributed by atoms with E-state index in [0.29, 0.717) is 11.3 Å². The predicted octanol–water partition coefficient (Wildman–Crippen LogP) is 1.20. The summed E-state index contributed by atoms with van der Waals surface area (Å²) in [7, 11) is 0. The summed E-state index contributed by atoms with van der Waals surface area (Å²) in [4.78, 5) is 22.9. The Balaban J connectivity index is 2.48. The van der Waals surface area contributed by atoms with E-state index < -0.39 is 6.03 Å².